The molecule has 0 atom stereocenters. The van der Waals surface area contributed by atoms with Crippen molar-refractivity contribution in [3.63, 3.8) is 0 Å². The van der Waals surface area contributed by atoms with Crippen molar-refractivity contribution in [1.82, 2.24) is 20.6 Å². The van der Waals surface area contributed by atoms with Crippen molar-refractivity contribution in [3.8, 4) is 0 Å². The normalized spacial score (nSPS) is 11.7. The number of H-pyrrole nitrogens is 1. The fraction of sp³-hybridized carbons (Fsp3) is 0.818. The van der Waals surface area contributed by atoms with Crippen LogP contribution in [0.15, 0.2) is 0 Å². The molecule has 18 heavy (non-hydrogen) atoms. The van der Waals surface area contributed by atoms with Crippen LogP contribution in [0, 0.1) is 0 Å². The van der Waals surface area contributed by atoms with Gasteiger partial charge in [0, 0.05) is 12.2 Å². The summed E-state index contributed by atoms with van der Waals surface area (Å²) in [5.74, 6) is 1.38. The number of aryl methyl sites for hydroxylation is 1. The van der Waals surface area contributed by atoms with Crippen molar-refractivity contribution < 1.29 is 9.28 Å². The van der Waals surface area contributed by atoms with Gasteiger partial charge >= 0.3 is 0 Å². The van der Waals surface area contributed by atoms with Gasteiger partial charge in [0.1, 0.15) is 6.54 Å². The minimum absolute atomic E-state index is 0.254. The monoisotopic (exact) mass is 272 g/mol. The van der Waals surface area contributed by atoms with Crippen molar-refractivity contribution in [1.29, 1.82) is 0 Å². The van der Waals surface area contributed by atoms with E-state index in [0.717, 1.165) is 29.9 Å². The highest BCUT2D eigenvalue weighted by molar-refractivity contribution is 8.13. The highest BCUT2D eigenvalue weighted by Crippen LogP contribution is 2.12. The van der Waals surface area contributed by atoms with Gasteiger partial charge in [0.2, 0.25) is 5.12 Å². The number of likely N-dealkylation sites (N-methyl/N-ethyl adjacent to an activating group) is 1. The molecule has 1 aromatic rings. The zero-order valence-corrected chi connectivity index (χ0v) is 12.2. The molecule has 0 amide bonds. The van der Waals surface area contributed by atoms with E-state index in [1.807, 2.05) is 0 Å². The van der Waals surface area contributed by atoms with Gasteiger partial charge in [-0.15, -0.1) is 10.2 Å². The summed E-state index contributed by atoms with van der Waals surface area (Å²) in [6.07, 6.45) is 0.678. The predicted molar refractivity (Wildman–Crippen MR) is 72.1 cm³/mol. The molecule has 0 aromatic carbocycles. The Bertz CT molecular complexity index is 342. The summed E-state index contributed by atoms with van der Waals surface area (Å²) < 4.78 is 0.869. The quantitative estimate of drug-likeness (QED) is 0.711. The van der Waals surface area contributed by atoms with E-state index >= 15 is 0 Å². The first-order chi connectivity index (χ1) is 8.65. The zero-order chi connectivity index (χ0) is 13.4. The van der Waals surface area contributed by atoms with Crippen molar-refractivity contribution in [3.05, 3.63) is 5.82 Å². The molecule has 0 aliphatic heterocycles. The van der Waals surface area contributed by atoms with Crippen LogP contribution >= 0.6 is 11.8 Å². The molecule has 0 saturated heterocycles. The minimum atomic E-state index is 0.254. The van der Waals surface area contributed by atoms with E-state index in [0.29, 0.717) is 18.8 Å². The Morgan fingerprint density at radius 2 is 1.94 bits per heavy atom. The Morgan fingerprint density at radius 1 is 1.28 bits per heavy atom. The number of quaternary nitrogens is 1. The second kappa shape index (κ2) is 7.48. The van der Waals surface area contributed by atoms with Crippen LogP contribution in [0.5, 0.6) is 0 Å². The van der Waals surface area contributed by atoms with Crippen LogP contribution in [0.2, 0.25) is 0 Å². The largest absolute Gasteiger partial charge is 0.317 e. The van der Waals surface area contributed by atoms with Gasteiger partial charge in [0.15, 0.2) is 5.82 Å². The molecule has 1 aromatic heterocycles. The molecule has 6 nitrogen and oxygen atoms in total. The smallest absolute Gasteiger partial charge is 0.243 e. The molecule has 0 fully saturated rings. The lowest BCUT2D eigenvalue weighted by Crippen LogP contribution is -2.50. The Labute approximate surface area is 112 Å². The Morgan fingerprint density at radius 3 is 2.44 bits per heavy atom. The fourth-order valence-electron chi connectivity index (χ4n) is 1.87. The lowest BCUT2D eigenvalue weighted by Gasteiger charge is -2.34. The zero-order valence-electron chi connectivity index (χ0n) is 11.3. The Kier molecular flexibility index (Phi) is 6.28. The Hall–Kier alpha value is -0.950. The first-order valence-corrected chi connectivity index (χ1v) is 7.37. The van der Waals surface area contributed by atoms with Crippen molar-refractivity contribution in [2.75, 3.05) is 31.9 Å². The summed E-state index contributed by atoms with van der Waals surface area (Å²) in [6.45, 7) is 10.1. The number of carbonyl (C=O) groups is 1. The minimum Gasteiger partial charge on any atom is -0.317 e. The third kappa shape index (κ3) is 4.38. The number of hydrogen-bond donors (Lipinski definition) is 1. The lowest BCUT2D eigenvalue weighted by molar-refractivity contribution is -0.915. The molecular weight excluding hydrogens is 250 g/mol. The summed E-state index contributed by atoms with van der Waals surface area (Å²) in [5, 5.41) is 13.9. The number of tetrazole rings is 1. The Balaban J connectivity index is 2.32. The number of hydrogen-bond acceptors (Lipinski definition) is 5. The molecule has 0 aliphatic carbocycles. The van der Waals surface area contributed by atoms with Gasteiger partial charge in [0.05, 0.1) is 19.6 Å². The molecule has 0 radical (unpaired) electrons. The summed E-state index contributed by atoms with van der Waals surface area (Å²) >= 11 is 1.37. The molecule has 0 aliphatic rings. The van der Waals surface area contributed by atoms with Crippen LogP contribution in [-0.4, -0.2) is 62.2 Å². The maximum atomic E-state index is 11.9. The molecule has 0 spiro atoms. The number of nitrogens with one attached hydrogen (secondary N) is 1. The topological polar surface area (TPSA) is 71.5 Å². The second-order valence-electron chi connectivity index (χ2n) is 4.25. The van der Waals surface area contributed by atoms with E-state index in [4.69, 9.17) is 0 Å². The van der Waals surface area contributed by atoms with Gasteiger partial charge in [-0.3, -0.25) is 4.79 Å². The van der Waals surface area contributed by atoms with E-state index < -0.39 is 0 Å². The molecule has 0 saturated carbocycles. The highest BCUT2D eigenvalue weighted by atomic mass is 32.2. The number of rotatable bonds is 8. The standard InChI is InChI=1S/C11H22N5OS/c1-4-16(5-2,6-3)9-11(17)18-8-7-10-12-14-15-13-10/h4-9H2,1-3H3,(H,12,13,14,15)/q+1. The predicted octanol–water partition coefficient (Wildman–Crippen LogP) is 0.878. The number of aromatic amines is 1. The van der Waals surface area contributed by atoms with Crippen LogP contribution in [0.4, 0.5) is 0 Å². The van der Waals surface area contributed by atoms with Crippen molar-refractivity contribution >= 4 is 16.9 Å². The highest BCUT2D eigenvalue weighted by Gasteiger charge is 2.24. The number of aromatic nitrogens is 4. The molecule has 7 heteroatoms. The molecule has 0 unspecified atom stereocenters. The number of nitrogens with zero attached hydrogens (tertiary/aromatic N) is 4. The molecule has 1 N–H and O–H groups in total. The number of thioether (sulfide) groups is 1. The maximum Gasteiger partial charge on any atom is 0.243 e. The lowest BCUT2D eigenvalue weighted by atomic mass is 10.3. The maximum absolute atomic E-state index is 11.9. The first kappa shape index (κ1) is 15.1. The SMILES string of the molecule is CC[N+](CC)(CC)CC(=O)SCCc1nn[nH]n1. The van der Waals surface area contributed by atoms with Gasteiger partial charge in [-0.25, -0.2) is 0 Å². The van der Waals surface area contributed by atoms with E-state index in [-0.39, 0.29) is 5.12 Å². The molecule has 102 valence electrons. The molecule has 0 bridgehead atoms. The first-order valence-electron chi connectivity index (χ1n) is 6.38. The van der Waals surface area contributed by atoms with Crippen LogP contribution in [-0.2, 0) is 11.2 Å². The summed E-state index contributed by atoms with van der Waals surface area (Å²) in [5.41, 5.74) is 0. The fourth-order valence-corrected chi connectivity index (χ4v) is 2.75. The van der Waals surface area contributed by atoms with Gasteiger partial charge in [-0.1, -0.05) is 17.0 Å². The summed E-state index contributed by atoms with van der Waals surface area (Å²) in [7, 11) is 0. The third-order valence-electron chi connectivity index (χ3n) is 3.45. The average Bonchev–Trinajstić information content (AvgIpc) is 2.89. The molecule has 1 rings (SSSR count). The summed E-state index contributed by atoms with van der Waals surface area (Å²) in [6, 6.07) is 0. The van der Waals surface area contributed by atoms with E-state index in [1.165, 1.54) is 11.8 Å². The third-order valence-corrected chi connectivity index (χ3v) is 4.31. The van der Waals surface area contributed by atoms with Crippen LogP contribution < -0.4 is 0 Å². The summed E-state index contributed by atoms with van der Waals surface area (Å²) in [4.78, 5) is 11.9. The average molecular weight is 272 g/mol. The van der Waals surface area contributed by atoms with E-state index in [2.05, 4.69) is 41.4 Å². The molecule has 1 heterocycles. The van der Waals surface area contributed by atoms with E-state index in [9.17, 15) is 4.79 Å². The molecular formula is C11H22N5OS+. The van der Waals surface area contributed by atoms with Gasteiger partial charge < -0.3 is 4.48 Å². The van der Waals surface area contributed by atoms with Crippen LogP contribution in [0.3, 0.4) is 0 Å². The van der Waals surface area contributed by atoms with Crippen LogP contribution in [0.25, 0.3) is 0 Å². The van der Waals surface area contributed by atoms with E-state index in [1.54, 1.807) is 0 Å². The van der Waals surface area contributed by atoms with Gasteiger partial charge in [0.25, 0.3) is 0 Å². The van der Waals surface area contributed by atoms with Gasteiger partial charge in [-0.05, 0) is 20.8 Å². The number of carbonyl (C=O) groups excluding carboxylic acids is 1. The van der Waals surface area contributed by atoms with Crippen LogP contribution in [0.1, 0.15) is 26.6 Å². The van der Waals surface area contributed by atoms with Gasteiger partial charge in [-0.2, -0.15) is 5.21 Å². The van der Waals surface area contributed by atoms with Crippen molar-refractivity contribution in [2.24, 2.45) is 0 Å². The second-order valence-corrected chi connectivity index (χ2v) is 5.40. The van der Waals surface area contributed by atoms with Crippen molar-refractivity contribution in [2.45, 2.75) is 27.2 Å².